The Bertz CT molecular complexity index is 270. The second-order valence-corrected chi connectivity index (χ2v) is 3.85. The molecule has 1 heterocycles. The van der Waals surface area contributed by atoms with Gasteiger partial charge in [0, 0.05) is 6.04 Å². The Morgan fingerprint density at radius 2 is 2.19 bits per heavy atom. The predicted molar refractivity (Wildman–Crippen MR) is 57.0 cm³/mol. The lowest BCUT2D eigenvalue weighted by Crippen LogP contribution is -2.48. The molecule has 0 bridgehead atoms. The summed E-state index contributed by atoms with van der Waals surface area (Å²) in [6.07, 6.45) is 0.374. The number of carbonyl (C=O) groups excluding carboxylic acids is 1. The predicted octanol–water partition coefficient (Wildman–Crippen LogP) is -0.800. The topological polar surface area (TPSA) is 87.7 Å². The van der Waals surface area contributed by atoms with Gasteiger partial charge in [0.15, 0.2) is 0 Å². The van der Waals surface area contributed by atoms with Crippen molar-refractivity contribution in [1.82, 2.24) is 10.6 Å². The van der Waals surface area contributed by atoms with E-state index in [2.05, 4.69) is 10.6 Å². The third-order valence-corrected chi connectivity index (χ3v) is 2.81. The lowest BCUT2D eigenvalue weighted by atomic mass is 10.0. The summed E-state index contributed by atoms with van der Waals surface area (Å²) in [5, 5.41) is 14.3. The van der Waals surface area contributed by atoms with Gasteiger partial charge in [-0.05, 0) is 13.5 Å². The van der Waals surface area contributed by atoms with Crippen molar-refractivity contribution >= 4 is 11.9 Å². The molecule has 0 aromatic rings. The van der Waals surface area contributed by atoms with Gasteiger partial charge in [-0.15, -0.1) is 0 Å². The van der Waals surface area contributed by atoms with E-state index in [9.17, 15) is 9.59 Å². The highest BCUT2D eigenvalue weighted by atomic mass is 16.5. The average Bonchev–Trinajstić information content (AvgIpc) is 2.72. The molecule has 3 unspecified atom stereocenters. The van der Waals surface area contributed by atoms with Crippen molar-refractivity contribution in [1.29, 1.82) is 0 Å². The smallest absolute Gasteiger partial charge is 0.326 e. The lowest BCUT2D eigenvalue weighted by Gasteiger charge is -2.19. The minimum atomic E-state index is -1.00. The quantitative estimate of drug-likeness (QED) is 0.575. The SMILES string of the molecule is CCC(NC(=O)C1COCC1NC)C(=O)O. The number of nitrogens with one attached hydrogen (secondary N) is 2. The van der Waals surface area contributed by atoms with Crippen LogP contribution in [0.25, 0.3) is 0 Å². The zero-order chi connectivity index (χ0) is 12.1. The Morgan fingerprint density at radius 1 is 1.50 bits per heavy atom. The Kier molecular flexibility index (Phi) is 4.70. The molecular weight excluding hydrogens is 212 g/mol. The van der Waals surface area contributed by atoms with Crippen LogP contribution in [0.1, 0.15) is 13.3 Å². The second-order valence-electron chi connectivity index (χ2n) is 3.85. The lowest BCUT2D eigenvalue weighted by molar-refractivity contribution is -0.142. The van der Waals surface area contributed by atoms with Crippen LogP contribution < -0.4 is 10.6 Å². The van der Waals surface area contributed by atoms with Crippen LogP contribution in [0.15, 0.2) is 0 Å². The van der Waals surface area contributed by atoms with Crippen molar-refractivity contribution in [3.05, 3.63) is 0 Å². The Labute approximate surface area is 94.3 Å². The number of likely N-dealkylation sites (N-methyl/N-ethyl adjacent to an activating group) is 1. The molecule has 1 saturated heterocycles. The van der Waals surface area contributed by atoms with Crippen molar-refractivity contribution in [3.63, 3.8) is 0 Å². The van der Waals surface area contributed by atoms with Crippen LogP contribution in [0, 0.1) is 5.92 Å². The minimum Gasteiger partial charge on any atom is -0.480 e. The molecule has 3 N–H and O–H groups in total. The van der Waals surface area contributed by atoms with Gasteiger partial charge in [-0.25, -0.2) is 4.79 Å². The van der Waals surface area contributed by atoms with E-state index < -0.39 is 12.0 Å². The summed E-state index contributed by atoms with van der Waals surface area (Å²) in [5.41, 5.74) is 0. The van der Waals surface area contributed by atoms with E-state index in [-0.39, 0.29) is 17.9 Å². The maximum Gasteiger partial charge on any atom is 0.326 e. The van der Waals surface area contributed by atoms with E-state index >= 15 is 0 Å². The maximum absolute atomic E-state index is 11.8. The van der Waals surface area contributed by atoms with Crippen LogP contribution in [-0.4, -0.2) is 49.3 Å². The summed E-state index contributed by atoms with van der Waals surface area (Å²) in [6, 6.07) is -0.850. The highest BCUT2D eigenvalue weighted by molar-refractivity contribution is 5.85. The van der Waals surface area contributed by atoms with E-state index in [1.165, 1.54) is 0 Å². The normalized spacial score (nSPS) is 26.4. The number of hydrogen-bond donors (Lipinski definition) is 3. The Hall–Kier alpha value is -1.14. The zero-order valence-electron chi connectivity index (χ0n) is 9.53. The number of aliphatic carboxylic acids is 1. The fourth-order valence-corrected chi connectivity index (χ4v) is 1.71. The van der Waals surface area contributed by atoms with Gasteiger partial charge in [-0.3, -0.25) is 4.79 Å². The molecule has 1 rings (SSSR count). The van der Waals surface area contributed by atoms with Crippen molar-refractivity contribution < 1.29 is 19.4 Å². The van der Waals surface area contributed by atoms with Crippen LogP contribution in [0.4, 0.5) is 0 Å². The standard InChI is InChI=1S/C10H18N2O4/c1-3-7(10(14)15)12-9(13)6-4-16-5-8(6)11-2/h6-8,11H,3-5H2,1-2H3,(H,12,13)(H,14,15). The summed E-state index contributed by atoms with van der Waals surface area (Å²) in [4.78, 5) is 22.6. The molecule has 0 saturated carbocycles. The van der Waals surface area contributed by atoms with Crippen LogP contribution in [-0.2, 0) is 14.3 Å². The third-order valence-electron chi connectivity index (χ3n) is 2.81. The first-order valence-electron chi connectivity index (χ1n) is 5.38. The Balaban J connectivity index is 2.54. The summed E-state index contributed by atoms with van der Waals surface area (Å²) >= 11 is 0. The molecule has 1 aliphatic heterocycles. The molecule has 0 aromatic carbocycles. The van der Waals surface area contributed by atoms with E-state index in [0.29, 0.717) is 19.6 Å². The number of ether oxygens (including phenoxy) is 1. The first-order chi connectivity index (χ1) is 7.60. The number of carboxylic acid groups (broad SMARTS) is 1. The fourth-order valence-electron chi connectivity index (χ4n) is 1.71. The van der Waals surface area contributed by atoms with Crippen molar-refractivity contribution in [2.45, 2.75) is 25.4 Å². The number of hydrogen-bond acceptors (Lipinski definition) is 4. The molecule has 0 radical (unpaired) electrons. The van der Waals surface area contributed by atoms with E-state index in [1.807, 2.05) is 0 Å². The van der Waals surface area contributed by atoms with Crippen LogP contribution in [0.5, 0.6) is 0 Å². The van der Waals surface area contributed by atoms with Crippen molar-refractivity contribution in [3.8, 4) is 0 Å². The number of amides is 1. The molecule has 0 aromatic heterocycles. The van der Waals surface area contributed by atoms with E-state index in [1.54, 1.807) is 14.0 Å². The molecule has 1 amide bonds. The highest BCUT2D eigenvalue weighted by Gasteiger charge is 2.34. The fraction of sp³-hybridized carbons (Fsp3) is 0.800. The second kappa shape index (κ2) is 5.81. The molecule has 6 nitrogen and oxygen atoms in total. The molecule has 0 spiro atoms. The number of carboxylic acids is 1. The Morgan fingerprint density at radius 3 is 2.69 bits per heavy atom. The van der Waals surface area contributed by atoms with Gasteiger partial charge in [0.2, 0.25) is 5.91 Å². The van der Waals surface area contributed by atoms with Crippen LogP contribution in [0.2, 0.25) is 0 Å². The van der Waals surface area contributed by atoms with Crippen molar-refractivity contribution in [2.24, 2.45) is 5.92 Å². The molecule has 92 valence electrons. The summed E-state index contributed by atoms with van der Waals surface area (Å²) < 4.78 is 5.19. The summed E-state index contributed by atoms with van der Waals surface area (Å²) in [5.74, 6) is -1.57. The number of carbonyl (C=O) groups is 2. The average molecular weight is 230 g/mol. The molecule has 16 heavy (non-hydrogen) atoms. The molecule has 1 aliphatic rings. The monoisotopic (exact) mass is 230 g/mol. The van der Waals surface area contributed by atoms with E-state index in [4.69, 9.17) is 9.84 Å². The molecular formula is C10H18N2O4. The van der Waals surface area contributed by atoms with E-state index in [0.717, 1.165) is 0 Å². The molecule has 3 atom stereocenters. The van der Waals surface area contributed by atoms with Gasteiger partial charge < -0.3 is 20.5 Å². The van der Waals surface area contributed by atoms with Crippen LogP contribution >= 0.6 is 0 Å². The molecule has 0 aliphatic carbocycles. The first-order valence-corrected chi connectivity index (χ1v) is 5.38. The van der Waals surface area contributed by atoms with Gasteiger partial charge in [0.25, 0.3) is 0 Å². The van der Waals surface area contributed by atoms with Gasteiger partial charge >= 0.3 is 5.97 Å². The number of rotatable bonds is 5. The first kappa shape index (κ1) is 12.9. The largest absolute Gasteiger partial charge is 0.480 e. The van der Waals surface area contributed by atoms with Gasteiger partial charge in [-0.2, -0.15) is 0 Å². The van der Waals surface area contributed by atoms with Gasteiger partial charge in [-0.1, -0.05) is 6.92 Å². The third kappa shape index (κ3) is 2.93. The zero-order valence-corrected chi connectivity index (χ0v) is 9.53. The minimum absolute atomic E-state index is 0.0358. The molecule has 1 fully saturated rings. The summed E-state index contributed by atoms with van der Waals surface area (Å²) in [7, 11) is 1.76. The highest BCUT2D eigenvalue weighted by Crippen LogP contribution is 2.13. The maximum atomic E-state index is 11.8. The van der Waals surface area contributed by atoms with Crippen molar-refractivity contribution in [2.75, 3.05) is 20.3 Å². The summed E-state index contributed by atoms with van der Waals surface area (Å²) in [6.45, 7) is 2.55. The molecule has 6 heteroatoms. The van der Waals surface area contributed by atoms with Gasteiger partial charge in [0.1, 0.15) is 6.04 Å². The van der Waals surface area contributed by atoms with Gasteiger partial charge in [0.05, 0.1) is 19.1 Å². The van der Waals surface area contributed by atoms with Crippen LogP contribution in [0.3, 0.4) is 0 Å².